The van der Waals surface area contributed by atoms with Crippen molar-refractivity contribution in [2.24, 2.45) is 0 Å². The number of hydrogen-bond donors (Lipinski definition) is 0. The molecule has 2 rings (SSSR count). The predicted octanol–water partition coefficient (Wildman–Crippen LogP) is 3.41. The number of likely N-dealkylation sites (N-methyl/N-ethyl adjacent to an activating group) is 1. The molecule has 0 saturated carbocycles. The number of hydrogen-bond acceptors (Lipinski definition) is 4. The molecule has 1 aromatic rings. The van der Waals surface area contributed by atoms with Crippen molar-refractivity contribution in [3.8, 4) is 0 Å². The first-order chi connectivity index (χ1) is 9.36. The van der Waals surface area contributed by atoms with Gasteiger partial charge in [0.15, 0.2) is 6.21 Å². The lowest BCUT2D eigenvalue weighted by Gasteiger charge is -2.30. The van der Waals surface area contributed by atoms with E-state index in [-0.39, 0.29) is 10.9 Å². The second kappa shape index (κ2) is 5.95. The minimum atomic E-state index is -0.279. The molecule has 0 N–H and O–H groups in total. The zero-order valence-corrected chi connectivity index (χ0v) is 14.4. The van der Waals surface area contributed by atoms with E-state index in [4.69, 9.17) is 12.2 Å². The highest BCUT2D eigenvalue weighted by Gasteiger charge is 2.48. The Labute approximate surface area is 134 Å². The first-order valence-electron chi connectivity index (χ1n) is 6.25. The summed E-state index contributed by atoms with van der Waals surface area (Å²) in [6, 6.07) is 7.97. The zero-order valence-electron chi connectivity index (χ0n) is 12.0. The lowest BCUT2D eigenvalue weighted by atomic mass is 10.0. The minimum Gasteiger partial charge on any atom is -0.623 e. The largest absolute Gasteiger partial charge is 0.623 e. The van der Waals surface area contributed by atoms with Crippen LogP contribution in [0, 0.1) is 5.21 Å². The van der Waals surface area contributed by atoms with Crippen LogP contribution in [0.25, 0.3) is 0 Å². The Hall–Kier alpha value is -0.720. The molecule has 0 radical (unpaired) electrons. The maximum absolute atomic E-state index is 12.4. The van der Waals surface area contributed by atoms with Gasteiger partial charge in [-0.25, -0.2) is 0 Å². The van der Waals surface area contributed by atoms with E-state index < -0.39 is 0 Å². The van der Waals surface area contributed by atoms with Gasteiger partial charge in [-0.2, -0.15) is 4.74 Å². The number of thioether (sulfide) groups is 2. The smallest absolute Gasteiger partial charge is 0.238 e. The van der Waals surface area contributed by atoms with Gasteiger partial charge in [0, 0.05) is 17.5 Å². The highest BCUT2D eigenvalue weighted by molar-refractivity contribution is 8.23. The molecular formula is C14H18N2OS3. The molecule has 1 atom stereocenters. The molecule has 20 heavy (non-hydrogen) atoms. The van der Waals surface area contributed by atoms with E-state index in [0.717, 1.165) is 14.6 Å². The Morgan fingerprint density at radius 2 is 2.00 bits per heavy atom. The van der Waals surface area contributed by atoms with E-state index in [1.54, 1.807) is 18.0 Å². The van der Waals surface area contributed by atoms with E-state index in [1.165, 1.54) is 16.7 Å². The average Bonchev–Trinajstić information content (AvgIpc) is 2.63. The number of hydroxylamine groups is 1. The lowest BCUT2D eigenvalue weighted by Crippen LogP contribution is -2.47. The van der Waals surface area contributed by atoms with Crippen LogP contribution < -0.4 is 0 Å². The first kappa shape index (κ1) is 15.7. The van der Waals surface area contributed by atoms with Gasteiger partial charge < -0.3 is 10.1 Å². The summed E-state index contributed by atoms with van der Waals surface area (Å²) < 4.78 is 1.79. The molecule has 1 saturated heterocycles. The predicted molar refractivity (Wildman–Crippen MR) is 92.8 cm³/mol. The van der Waals surface area contributed by atoms with Gasteiger partial charge in [-0.05, 0) is 56.1 Å². The normalized spacial score (nSPS) is 22.4. The SMILES string of the molecule is CSc1ccc(C=[N+]([O-])[C@@H]2SC(=S)N(C)C2(C)C)cc1. The molecule has 3 nitrogen and oxygen atoms in total. The third kappa shape index (κ3) is 2.97. The molecule has 1 aromatic carbocycles. The van der Waals surface area contributed by atoms with Crippen molar-refractivity contribution < 1.29 is 4.74 Å². The maximum atomic E-state index is 12.4. The van der Waals surface area contributed by atoms with Crippen molar-refractivity contribution >= 4 is 46.3 Å². The van der Waals surface area contributed by atoms with Crippen molar-refractivity contribution in [1.29, 1.82) is 0 Å². The van der Waals surface area contributed by atoms with Crippen LogP contribution in [-0.4, -0.2) is 44.4 Å². The summed E-state index contributed by atoms with van der Waals surface area (Å²) in [4.78, 5) is 3.18. The second-order valence-corrected chi connectivity index (χ2v) is 7.80. The number of rotatable bonds is 3. The van der Waals surface area contributed by atoms with Crippen molar-refractivity contribution in [3.05, 3.63) is 35.0 Å². The molecule has 108 valence electrons. The zero-order chi connectivity index (χ0) is 14.9. The average molecular weight is 327 g/mol. The van der Waals surface area contributed by atoms with Gasteiger partial charge in [0.2, 0.25) is 5.37 Å². The molecule has 1 aliphatic rings. The molecule has 1 aliphatic heterocycles. The highest BCUT2D eigenvalue weighted by atomic mass is 32.2. The van der Waals surface area contributed by atoms with E-state index in [2.05, 4.69) is 0 Å². The monoisotopic (exact) mass is 326 g/mol. The van der Waals surface area contributed by atoms with Crippen LogP contribution in [0.4, 0.5) is 0 Å². The summed E-state index contributed by atoms with van der Waals surface area (Å²) in [6.07, 6.45) is 3.68. The summed E-state index contributed by atoms with van der Waals surface area (Å²) in [5.74, 6) is 0. The Morgan fingerprint density at radius 1 is 1.40 bits per heavy atom. The fourth-order valence-electron chi connectivity index (χ4n) is 1.99. The van der Waals surface area contributed by atoms with Crippen LogP contribution in [-0.2, 0) is 0 Å². The summed E-state index contributed by atoms with van der Waals surface area (Å²) >= 11 is 8.43. The summed E-state index contributed by atoms with van der Waals surface area (Å²) in [5.41, 5.74) is 0.633. The highest BCUT2D eigenvalue weighted by Crippen LogP contribution is 2.38. The number of benzene rings is 1. The van der Waals surface area contributed by atoms with Gasteiger partial charge in [0.1, 0.15) is 9.86 Å². The van der Waals surface area contributed by atoms with Crippen LogP contribution in [0.15, 0.2) is 29.2 Å². The van der Waals surface area contributed by atoms with Crippen molar-refractivity contribution in [3.63, 3.8) is 0 Å². The fourth-order valence-corrected chi connectivity index (χ4v) is 4.10. The quantitative estimate of drug-likeness (QED) is 0.212. The molecule has 0 unspecified atom stereocenters. The molecule has 0 amide bonds. The van der Waals surface area contributed by atoms with Crippen molar-refractivity contribution in [2.45, 2.75) is 29.7 Å². The topological polar surface area (TPSA) is 29.3 Å². The van der Waals surface area contributed by atoms with Crippen LogP contribution in [0.1, 0.15) is 19.4 Å². The van der Waals surface area contributed by atoms with Gasteiger partial charge in [-0.1, -0.05) is 12.2 Å². The third-order valence-corrected chi connectivity index (χ3v) is 6.37. The van der Waals surface area contributed by atoms with Crippen LogP contribution in [0.2, 0.25) is 0 Å². The molecule has 1 fully saturated rings. The minimum absolute atomic E-state index is 0.222. The molecule has 0 bridgehead atoms. The van der Waals surface area contributed by atoms with E-state index in [1.807, 2.05) is 56.3 Å². The van der Waals surface area contributed by atoms with Crippen LogP contribution >= 0.6 is 35.7 Å². The Kier molecular flexibility index (Phi) is 4.66. The van der Waals surface area contributed by atoms with Gasteiger partial charge in [0.05, 0.1) is 0 Å². The maximum Gasteiger partial charge on any atom is 0.238 e. The molecule has 6 heteroatoms. The molecular weight excluding hydrogens is 308 g/mol. The lowest BCUT2D eigenvalue weighted by molar-refractivity contribution is -0.480. The number of thiocarbonyl (C=S) groups is 1. The van der Waals surface area contributed by atoms with Crippen molar-refractivity contribution in [2.75, 3.05) is 13.3 Å². The third-order valence-electron chi connectivity index (χ3n) is 3.58. The van der Waals surface area contributed by atoms with Gasteiger partial charge in [0.25, 0.3) is 0 Å². The second-order valence-electron chi connectivity index (χ2n) is 5.21. The first-order valence-corrected chi connectivity index (χ1v) is 8.76. The number of nitrogens with zero attached hydrogens (tertiary/aromatic N) is 2. The van der Waals surface area contributed by atoms with E-state index >= 15 is 0 Å². The van der Waals surface area contributed by atoms with Gasteiger partial charge >= 0.3 is 0 Å². The van der Waals surface area contributed by atoms with Gasteiger partial charge in [-0.3, -0.25) is 0 Å². The Bertz CT molecular complexity index is 540. The van der Waals surface area contributed by atoms with Crippen molar-refractivity contribution in [1.82, 2.24) is 4.90 Å². The van der Waals surface area contributed by atoms with Crippen LogP contribution in [0.5, 0.6) is 0 Å². The molecule has 1 heterocycles. The van der Waals surface area contributed by atoms with E-state index in [0.29, 0.717) is 0 Å². The standard InChI is InChI=1S/C14H18N2OS3/c1-14(2)12(20-13(18)15(14)3)16(17)9-10-5-7-11(19-4)8-6-10/h5-9,12H,1-4H3/t12-/m1/s1. The molecule has 0 aromatic heterocycles. The summed E-state index contributed by atoms with van der Waals surface area (Å²) in [6.45, 7) is 4.08. The molecule has 0 aliphatic carbocycles. The summed E-state index contributed by atoms with van der Waals surface area (Å²) in [7, 11) is 1.94. The Morgan fingerprint density at radius 3 is 2.45 bits per heavy atom. The van der Waals surface area contributed by atoms with Gasteiger partial charge in [-0.15, -0.1) is 11.8 Å². The van der Waals surface area contributed by atoms with Crippen LogP contribution in [0.3, 0.4) is 0 Å². The fraction of sp³-hybridized carbons (Fsp3) is 0.429. The Balaban J connectivity index is 2.24. The summed E-state index contributed by atoms with van der Waals surface area (Å²) in [5, 5.41) is 12.2. The molecule has 0 spiro atoms. The van der Waals surface area contributed by atoms with E-state index in [9.17, 15) is 5.21 Å².